The van der Waals surface area contributed by atoms with Gasteiger partial charge in [0.15, 0.2) is 10.4 Å². The SMILES string of the molecule is COCCOCCCn1c(=S)[nH]c2c(C)ccnc21. The first kappa shape index (κ1) is 14.2. The third-order valence-electron chi connectivity index (χ3n) is 2.97. The first-order valence-corrected chi connectivity index (χ1v) is 6.75. The summed E-state index contributed by atoms with van der Waals surface area (Å²) in [5.74, 6) is 0. The zero-order chi connectivity index (χ0) is 13.7. The van der Waals surface area contributed by atoms with Crippen molar-refractivity contribution < 1.29 is 9.47 Å². The van der Waals surface area contributed by atoms with Crippen LogP contribution in [0.5, 0.6) is 0 Å². The van der Waals surface area contributed by atoms with Crippen LogP contribution in [0.3, 0.4) is 0 Å². The van der Waals surface area contributed by atoms with Crippen LogP contribution in [0.15, 0.2) is 12.3 Å². The molecule has 2 rings (SSSR count). The molecule has 1 N–H and O–H groups in total. The van der Waals surface area contributed by atoms with Crippen molar-refractivity contribution in [3.05, 3.63) is 22.6 Å². The molecule has 0 fully saturated rings. The summed E-state index contributed by atoms with van der Waals surface area (Å²) in [6, 6.07) is 1.98. The van der Waals surface area contributed by atoms with Crippen LogP contribution in [0, 0.1) is 11.7 Å². The Morgan fingerprint density at radius 1 is 1.37 bits per heavy atom. The van der Waals surface area contributed by atoms with Crippen LogP contribution < -0.4 is 0 Å². The largest absolute Gasteiger partial charge is 0.382 e. The average Bonchev–Trinajstić information content (AvgIpc) is 2.72. The van der Waals surface area contributed by atoms with Crippen molar-refractivity contribution in [1.82, 2.24) is 14.5 Å². The topological polar surface area (TPSA) is 52.1 Å². The Balaban J connectivity index is 1.99. The molecule has 0 saturated heterocycles. The Bertz CT molecular complexity index is 591. The van der Waals surface area contributed by atoms with Crippen molar-refractivity contribution in [2.45, 2.75) is 19.9 Å². The van der Waals surface area contributed by atoms with Crippen LogP contribution in [-0.4, -0.2) is 41.5 Å². The molecule has 0 aliphatic rings. The van der Waals surface area contributed by atoms with Crippen LogP contribution in [0.4, 0.5) is 0 Å². The summed E-state index contributed by atoms with van der Waals surface area (Å²) in [7, 11) is 1.67. The smallest absolute Gasteiger partial charge is 0.179 e. The van der Waals surface area contributed by atoms with Gasteiger partial charge in [0, 0.05) is 26.5 Å². The highest BCUT2D eigenvalue weighted by molar-refractivity contribution is 7.71. The quantitative estimate of drug-likeness (QED) is 0.625. The number of ether oxygens (including phenoxy) is 2. The molecule has 2 heterocycles. The van der Waals surface area contributed by atoms with Gasteiger partial charge in [0.1, 0.15) is 0 Å². The van der Waals surface area contributed by atoms with Crippen molar-refractivity contribution in [1.29, 1.82) is 0 Å². The number of nitrogens with one attached hydrogen (secondary N) is 1. The van der Waals surface area contributed by atoms with Crippen molar-refractivity contribution in [3.63, 3.8) is 0 Å². The van der Waals surface area contributed by atoms with E-state index in [0.29, 0.717) is 24.6 Å². The molecule has 0 aromatic carbocycles. The van der Waals surface area contributed by atoms with E-state index in [4.69, 9.17) is 21.7 Å². The number of aromatic amines is 1. The van der Waals surface area contributed by atoms with E-state index in [-0.39, 0.29) is 0 Å². The lowest BCUT2D eigenvalue weighted by Gasteiger charge is -2.05. The number of aromatic nitrogens is 3. The minimum Gasteiger partial charge on any atom is -0.382 e. The van der Waals surface area contributed by atoms with Gasteiger partial charge in [-0.15, -0.1) is 0 Å². The Hall–Kier alpha value is -1.24. The number of rotatable bonds is 7. The van der Waals surface area contributed by atoms with E-state index in [9.17, 15) is 0 Å². The number of fused-ring (bicyclic) bond motifs is 1. The normalized spacial score (nSPS) is 11.3. The number of H-pyrrole nitrogens is 1. The van der Waals surface area contributed by atoms with Crippen LogP contribution in [-0.2, 0) is 16.0 Å². The number of hydrogen-bond donors (Lipinski definition) is 1. The molecule has 0 bridgehead atoms. The molecule has 2 aromatic heterocycles. The lowest BCUT2D eigenvalue weighted by Crippen LogP contribution is -2.06. The molecule has 104 valence electrons. The summed E-state index contributed by atoms with van der Waals surface area (Å²) in [5, 5.41) is 0. The van der Waals surface area contributed by atoms with Gasteiger partial charge in [-0.2, -0.15) is 0 Å². The Kier molecular flexibility index (Phi) is 5.07. The van der Waals surface area contributed by atoms with E-state index in [1.54, 1.807) is 7.11 Å². The maximum Gasteiger partial charge on any atom is 0.179 e. The van der Waals surface area contributed by atoms with E-state index in [0.717, 1.165) is 29.7 Å². The minimum absolute atomic E-state index is 0.632. The molecular formula is C13H19N3O2S. The van der Waals surface area contributed by atoms with Gasteiger partial charge in [-0.3, -0.25) is 0 Å². The molecule has 0 saturated carbocycles. The molecule has 0 aliphatic heterocycles. The van der Waals surface area contributed by atoms with Crippen LogP contribution in [0.1, 0.15) is 12.0 Å². The predicted molar refractivity (Wildman–Crippen MR) is 77.0 cm³/mol. The van der Waals surface area contributed by atoms with Crippen molar-refractivity contribution in [2.24, 2.45) is 0 Å². The molecule has 0 atom stereocenters. The Morgan fingerprint density at radius 3 is 3.00 bits per heavy atom. The van der Waals surface area contributed by atoms with Crippen molar-refractivity contribution in [2.75, 3.05) is 26.9 Å². The van der Waals surface area contributed by atoms with Crippen LogP contribution >= 0.6 is 12.2 Å². The van der Waals surface area contributed by atoms with Crippen molar-refractivity contribution in [3.8, 4) is 0 Å². The van der Waals surface area contributed by atoms with E-state index in [1.165, 1.54) is 0 Å². The number of hydrogen-bond acceptors (Lipinski definition) is 4. The number of imidazole rings is 1. The maximum atomic E-state index is 5.45. The second-order valence-corrected chi connectivity index (χ2v) is 4.75. The summed E-state index contributed by atoms with van der Waals surface area (Å²) in [6.07, 6.45) is 2.71. The van der Waals surface area contributed by atoms with E-state index < -0.39 is 0 Å². The third kappa shape index (κ3) is 3.40. The molecule has 5 nitrogen and oxygen atoms in total. The second-order valence-electron chi connectivity index (χ2n) is 4.37. The van der Waals surface area contributed by atoms with Gasteiger partial charge >= 0.3 is 0 Å². The lowest BCUT2D eigenvalue weighted by atomic mass is 10.3. The minimum atomic E-state index is 0.632. The molecular weight excluding hydrogens is 262 g/mol. The summed E-state index contributed by atoms with van der Waals surface area (Å²) >= 11 is 5.34. The summed E-state index contributed by atoms with van der Waals surface area (Å²) < 4.78 is 13.1. The van der Waals surface area contributed by atoms with Gasteiger partial charge in [0.05, 0.1) is 18.7 Å². The van der Waals surface area contributed by atoms with Gasteiger partial charge in [-0.05, 0) is 37.2 Å². The molecule has 2 aromatic rings. The average molecular weight is 281 g/mol. The first-order valence-electron chi connectivity index (χ1n) is 6.35. The molecule has 0 unspecified atom stereocenters. The van der Waals surface area contributed by atoms with Gasteiger partial charge in [0.25, 0.3) is 0 Å². The van der Waals surface area contributed by atoms with E-state index >= 15 is 0 Å². The summed E-state index contributed by atoms with van der Waals surface area (Å²) in [5.41, 5.74) is 3.10. The molecule has 0 radical (unpaired) electrons. The lowest BCUT2D eigenvalue weighted by molar-refractivity contribution is 0.0681. The zero-order valence-corrected chi connectivity index (χ0v) is 12.1. The van der Waals surface area contributed by atoms with Crippen molar-refractivity contribution >= 4 is 23.4 Å². The molecule has 0 aliphatic carbocycles. The van der Waals surface area contributed by atoms with Gasteiger partial charge in [-0.1, -0.05) is 0 Å². The Morgan fingerprint density at radius 2 is 2.21 bits per heavy atom. The van der Waals surface area contributed by atoms with Gasteiger partial charge in [0.2, 0.25) is 0 Å². The number of methoxy groups -OCH3 is 1. The fourth-order valence-electron chi connectivity index (χ4n) is 1.95. The number of aryl methyl sites for hydroxylation is 2. The first-order chi connectivity index (χ1) is 9.24. The summed E-state index contributed by atoms with van der Waals surface area (Å²) in [6.45, 7) is 4.82. The molecule has 0 amide bonds. The zero-order valence-electron chi connectivity index (χ0n) is 11.3. The van der Waals surface area contributed by atoms with Gasteiger partial charge in [-0.25, -0.2) is 4.98 Å². The van der Waals surface area contributed by atoms with E-state index in [1.807, 2.05) is 23.8 Å². The second kappa shape index (κ2) is 6.79. The van der Waals surface area contributed by atoms with Gasteiger partial charge < -0.3 is 19.0 Å². The fourth-order valence-corrected chi connectivity index (χ4v) is 2.23. The highest BCUT2D eigenvalue weighted by Gasteiger charge is 2.06. The fraction of sp³-hybridized carbons (Fsp3) is 0.538. The third-order valence-corrected chi connectivity index (χ3v) is 3.30. The highest BCUT2D eigenvalue weighted by Crippen LogP contribution is 2.15. The van der Waals surface area contributed by atoms with Crippen LogP contribution in [0.2, 0.25) is 0 Å². The van der Waals surface area contributed by atoms with E-state index in [2.05, 4.69) is 9.97 Å². The molecule has 0 spiro atoms. The number of nitrogens with zero attached hydrogens (tertiary/aromatic N) is 2. The number of pyridine rings is 1. The Labute approximate surface area is 117 Å². The molecule has 19 heavy (non-hydrogen) atoms. The molecule has 6 heteroatoms. The maximum absolute atomic E-state index is 5.45. The summed E-state index contributed by atoms with van der Waals surface area (Å²) in [4.78, 5) is 7.61. The monoisotopic (exact) mass is 281 g/mol. The highest BCUT2D eigenvalue weighted by atomic mass is 32.1. The van der Waals surface area contributed by atoms with Crippen LogP contribution in [0.25, 0.3) is 11.2 Å². The standard InChI is InChI=1S/C13H19N3O2S/c1-10-4-5-14-12-11(10)15-13(19)16(12)6-3-7-18-9-8-17-2/h4-5H,3,6-9H2,1-2H3,(H,15,19). The predicted octanol–water partition coefficient (Wildman–Crippen LogP) is 2.46.